The molecule has 93 heavy (non-hydrogen) atoms. The molecule has 0 aromatic heterocycles. The molecule has 528 valence electrons. The molecular weight excluding hydrogens is 1200 g/mol. The average molecular weight is 1320 g/mol. The SMILES string of the molecule is CC1OC(O[C@H]2/C=C/C=C/C=C/C=C/C=C/C=C/C=C/[C@H](C)[C@@H](O)[C@H](C)[C@H](C)OC(=O)C[C@H](O)C[C@H](O)[C@@H](O)CC[C@H](O)C[C@H](O)C[C@]3(O)C[C@H](O)[C@@H](C(=O)O)[C@H](C2)O3)C(O)C(N)C1O.C[C@H](CCC(=O)O)[C@H]1CC[C@H]2[C@@H]3CC[C@@H]4C[C@H](O)CC[C@]4(C)[C@H]3C[C@H](O)[C@]12C. The summed E-state index contributed by atoms with van der Waals surface area (Å²) in [6.07, 6.45) is 12.8. The summed E-state index contributed by atoms with van der Waals surface area (Å²) in [6.45, 7) is 13.7. The van der Waals surface area contributed by atoms with Crippen molar-refractivity contribution in [2.45, 2.75) is 274 Å². The van der Waals surface area contributed by atoms with Gasteiger partial charge in [0.2, 0.25) is 0 Å². The van der Waals surface area contributed by atoms with Crippen LogP contribution in [0.25, 0.3) is 0 Å². The molecule has 7 aliphatic rings. The minimum absolute atomic E-state index is 0.0591. The molecule has 0 aromatic rings. The van der Waals surface area contributed by atoms with E-state index in [9.17, 15) is 80.8 Å². The van der Waals surface area contributed by atoms with Crippen LogP contribution in [0.2, 0.25) is 0 Å². The Hall–Kier alpha value is -4.05. The molecule has 2 bridgehead atoms. The van der Waals surface area contributed by atoms with Crippen molar-refractivity contribution in [1.82, 2.24) is 0 Å². The van der Waals surface area contributed by atoms with E-state index in [2.05, 4.69) is 20.8 Å². The van der Waals surface area contributed by atoms with Crippen LogP contribution in [0.4, 0.5) is 0 Å². The van der Waals surface area contributed by atoms with Gasteiger partial charge in [0.15, 0.2) is 12.1 Å². The maximum atomic E-state index is 12.6. The Morgan fingerprint density at radius 1 is 0.634 bits per heavy atom. The number of esters is 1. The summed E-state index contributed by atoms with van der Waals surface area (Å²) < 4.78 is 23.1. The lowest BCUT2D eigenvalue weighted by molar-refractivity contribution is -0.308. The number of hydrogen-bond acceptors (Lipinski definition) is 20. The number of carbonyl (C=O) groups excluding carboxylic acids is 1. The average Bonchev–Trinajstić information content (AvgIpc) is 1.67. The molecule has 3 heterocycles. The molecule has 22 heteroatoms. The second-order valence-corrected chi connectivity index (χ2v) is 28.9. The number of aliphatic hydroxyl groups is 12. The van der Waals surface area contributed by atoms with Gasteiger partial charge in [-0.2, -0.15) is 0 Å². The number of carboxylic acids is 2. The Balaban J connectivity index is 0.000000402. The molecule has 0 aromatic carbocycles. The molecule has 29 atom stereocenters. The van der Waals surface area contributed by atoms with Gasteiger partial charge in [-0.15, -0.1) is 0 Å². The van der Waals surface area contributed by atoms with Crippen LogP contribution in [0.5, 0.6) is 0 Å². The zero-order chi connectivity index (χ0) is 68.7. The third kappa shape index (κ3) is 21.0. The van der Waals surface area contributed by atoms with E-state index in [1.54, 1.807) is 86.8 Å². The number of hydrogen-bond donors (Lipinski definition) is 15. The molecule has 0 amide bonds. The second-order valence-electron chi connectivity index (χ2n) is 28.9. The molecule has 0 radical (unpaired) electrons. The maximum Gasteiger partial charge on any atom is 0.311 e. The summed E-state index contributed by atoms with van der Waals surface area (Å²) in [7, 11) is 0. The second kappa shape index (κ2) is 35.5. The molecule has 22 nitrogen and oxygen atoms in total. The highest BCUT2D eigenvalue weighted by Crippen LogP contribution is 2.68. The summed E-state index contributed by atoms with van der Waals surface area (Å²) >= 11 is 0. The highest BCUT2D eigenvalue weighted by molar-refractivity contribution is 5.72. The van der Waals surface area contributed by atoms with E-state index in [1.165, 1.54) is 32.3 Å². The third-order valence-corrected chi connectivity index (χ3v) is 22.3. The normalized spacial score (nSPS) is 47.4. The summed E-state index contributed by atoms with van der Waals surface area (Å²) in [5.74, 6) is -4.27. The number of cyclic esters (lactones) is 1. The van der Waals surface area contributed by atoms with Gasteiger partial charge >= 0.3 is 17.9 Å². The van der Waals surface area contributed by atoms with Gasteiger partial charge in [0.25, 0.3) is 0 Å². The maximum absolute atomic E-state index is 12.6. The van der Waals surface area contributed by atoms with Gasteiger partial charge in [0.1, 0.15) is 18.1 Å². The van der Waals surface area contributed by atoms with Crippen LogP contribution in [-0.2, 0) is 33.3 Å². The van der Waals surface area contributed by atoms with Crippen LogP contribution in [0.3, 0.4) is 0 Å². The summed E-state index contributed by atoms with van der Waals surface area (Å²) in [5, 5.41) is 149. The molecular formula is C71H113NO21. The fourth-order valence-corrected chi connectivity index (χ4v) is 16.7. The van der Waals surface area contributed by atoms with Crippen LogP contribution in [-0.4, -0.2) is 199 Å². The minimum atomic E-state index is -2.29. The number of ether oxygens (including phenoxy) is 4. The lowest BCUT2D eigenvalue weighted by atomic mass is 9.43. The third-order valence-electron chi connectivity index (χ3n) is 22.3. The van der Waals surface area contributed by atoms with Crippen molar-refractivity contribution >= 4 is 17.9 Å². The number of carbonyl (C=O) groups is 3. The van der Waals surface area contributed by atoms with E-state index in [0.717, 1.165) is 38.5 Å². The summed E-state index contributed by atoms with van der Waals surface area (Å²) in [4.78, 5) is 36.1. The van der Waals surface area contributed by atoms with Crippen LogP contribution in [0, 0.1) is 64.1 Å². The Bertz CT molecular complexity index is 2580. The summed E-state index contributed by atoms with van der Waals surface area (Å²) in [6, 6.07) is -1.14. The number of aliphatic hydroxyl groups excluding tert-OH is 11. The monoisotopic (exact) mass is 1320 g/mol. The van der Waals surface area contributed by atoms with Crippen LogP contribution < -0.4 is 5.73 Å². The Labute approximate surface area is 549 Å². The van der Waals surface area contributed by atoms with E-state index < -0.39 is 153 Å². The van der Waals surface area contributed by atoms with E-state index in [1.807, 2.05) is 13.0 Å². The van der Waals surface area contributed by atoms with Crippen molar-refractivity contribution in [3.05, 3.63) is 85.1 Å². The molecule has 6 fully saturated rings. The standard InChI is InChI=1S/C47H73NO17.C24H40O4/c1-27-17-15-13-11-9-7-5-6-8-10-12-14-16-18-34(64-46-44(58)41(48)43(57)30(4)63-46)24-38-40(45(59)60)37(54)26-47(61,65-38)25-33(51)21-31(49)19-20-35(52)36(53)22-32(50)23-39(55)62-29(3)28(2)42(27)56;1-14(4-9-22(27)28)18-7-8-19-17-6-5-15-12-16(25)10-11-23(15,2)20(17)13-21(26)24(18,19)3/h5-18,27-38,40-44,46,49-54,56-58,61H,19-26,48H2,1-4H3,(H,59,60);14-21,25-26H,4-13H2,1-3H3,(H,27,28)/b6-5+,9-7+,10-8+,13-11+,14-12+,17-15+,18-16+;/t27-,28+,29-,30?,31-,32+,33-,34-,35-,36-,37-,38-,40+,41?,42+,43?,44?,46?,47+;14-,15-,16-,17+,18-,19+,20+,21+,23+,24-/m01/s1. The van der Waals surface area contributed by atoms with Gasteiger partial charge in [0, 0.05) is 43.9 Å². The molecule has 3 aliphatic heterocycles. The van der Waals surface area contributed by atoms with E-state index in [-0.39, 0.29) is 61.1 Å². The molecule has 7 rings (SSSR count). The van der Waals surface area contributed by atoms with Gasteiger partial charge in [-0.1, -0.05) is 120 Å². The van der Waals surface area contributed by atoms with Gasteiger partial charge < -0.3 is 96.2 Å². The predicted molar refractivity (Wildman–Crippen MR) is 346 cm³/mol. The van der Waals surface area contributed by atoms with Crippen molar-refractivity contribution in [1.29, 1.82) is 0 Å². The molecule has 5 unspecified atom stereocenters. The lowest BCUT2D eigenvalue weighted by Gasteiger charge is -2.62. The zero-order valence-electron chi connectivity index (χ0n) is 55.5. The molecule has 4 saturated carbocycles. The Morgan fingerprint density at radius 3 is 1.87 bits per heavy atom. The van der Waals surface area contributed by atoms with Gasteiger partial charge in [-0.25, -0.2) is 0 Å². The number of nitrogens with two attached hydrogens (primary N) is 1. The van der Waals surface area contributed by atoms with Crippen molar-refractivity contribution in [3.63, 3.8) is 0 Å². The predicted octanol–water partition coefficient (Wildman–Crippen LogP) is 5.19. The van der Waals surface area contributed by atoms with Gasteiger partial charge in [-0.05, 0) is 137 Å². The number of aliphatic carboxylic acids is 2. The van der Waals surface area contributed by atoms with Gasteiger partial charge in [0.05, 0.1) is 91.8 Å². The highest BCUT2D eigenvalue weighted by Gasteiger charge is 2.64. The Morgan fingerprint density at radius 2 is 1.25 bits per heavy atom. The fraction of sp³-hybridized carbons (Fsp3) is 0.761. The minimum Gasteiger partial charge on any atom is -0.481 e. The van der Waals surface area contributed by atoms with E-state index in [4.69, 9.17) is 29.8 Å². The number of allylic oxidation sites excluding steroid dienone is 12. The van der Waals surface area contributed by atoms with Crippen LogP contribution in [0.15, 0.2) is 85.1 Å². The number of carboxylic acid groups (broad SMARTS) is 2. The topological polar surface area (TPSA) is 397 Å². The van der Waals surface area contributed by atoms with Gasteiger partial charge in [-0.3, -0.25) is 14.4 Å². The van der Waals surface area contributed by atoms with E-state index in [0.29, 0.717) is 35.5 Å². The smallest absolute Gasteiger partial charge is 0.311 e. The Kier molecular flexibility index (Phi) is 29.7. The molecule has 16 N–H and O–H groups in total. The van der Waals surface area contributed by atoms with Crippen LogP contribution >= 0.6 is 0 Å². The fourth-order valence-electron chi connectivity index (χ4n) is 16.7. The van der Waals surface area contributed by atoms with Crippen molar-refractivity contribution in [2.24, 2.45) is 69.8 Å². The lowest BCUT2D eigenvalue weighted by Crippen LogP contribution is -2.61. The number of fused-ring (bicyclic) bond motifs is 7. The summed E-state index contributed by atoms with van der Waals surface area (Å²) in [5.41, 5.74) is 6.23. The van der Waals surface area contributed by atoms with Crippen LogP contribution in [0.1, 0.15) is 164 Å². The first-order valence-corrected chi connectivity index (χ1v) is 34.1. The van der Waals surface area contributed by atoms with Crippen molar-refractivity contribution in [3.8, 4) is 0 Å². The first kappa shape index (κ1) is 78.0. The first-order valence-electron chi connectivity index (χ1n) is 34.1. The highest BCUT2D eigenvalue weighted by atomic mass is 16.7. The zero-order valence-corrected chi connectivity index (χ0v) is 55.5. The molecule has 2 saturated heterocycles. The first-order chi connectivity index (χ1) is 43.8. The molecule has 0 spiro atoms. The quantitative estimate of drug-likeness (QED) is 0.146. The number of rotatable bonds is 7. The van der Waals surface area contributed by atoms with Crippen molar-refractivity contribution in [2.75, 3.05) is 0 Å². The molecule has 4 aliphatic carbocycles. The van der Waals surface area contributed by atoms with E-state index >= 15 is 0 Å². The van der Waals surface area contributed by atoms with Crippen molar-refractivity contribution < 1.29 is 105 Å². The largest absolute Gasteiger partial charge is 0.481 e.